The van der Waals surface area contributed by atoms with Gasteiger partial charge in [0.05, 0.1) is 23.5 Å². The van der Waals surface area contributed by atoms with Crippen LogP contribution in [0, 0.1) is 0 Å². The van der Waals surface area contributed by atoms with Crippen molar-refractivity contribution >= 4 is 17.3 Å². The van der Waals surface area contributed by atoms with E-state index in [0.29, 0.717) is 23.9 Å². The first-order valence-corrected chi connectivity index (χ1v) is 7.51. The third-order valence-electron chi connectivity index (χ3n) is 4.15. The van der Waals surface area contributed by atoms with Crippen molar-refractivity contribution in [2.45, 2.75) is 25.8 Å². The SMILES string of the molecule is CCOC(=O)c1cccc(N)c1N(C)C1CCN(C)CC1. The van der Waals surface area contributed by atoms with E-state index in [0.717, 1.165) is 31.6 Å². The maximum Gasteiger partial charge on any atom is 0.340 e. The van der Waals surface area contributed by atoms with E-state index in [1.165, 1.54) is 0 Å². The predicted molar refractivity (Wildman–Crippen MR) is 85.7 cm³/mol. The van der Waals surface area contributed by atoms with Crippen LogP contribution in [0.3, 0.4) is 0 Å². The zero-order valence-corrected chi connectivity index (χ0v) is 13.1. The van der Waals surface area contributed by atoms with Gasteiger partial charge in [-0.25, -0.2) is 4.79 Å². The molecular weight excluding hydrogens is 266 g/mol. The van der Waals surface area contributed by atoms with Crippen LogP contribution in [0.15, 0.2) is 18.2 Å². The Labute approximate surface area is 126 Å². The summed E-state index contributed by atoms with van der Waals surface area (Å²) in [6, 6.07) is 5.82. The number of anilines is 2. The molecule has 0 unspecified atom stereocenters. The number of likely N-dealkylation sites (tertiary alicyclic amines) is 1. The number of ether oxygens (including phenoxy) is 1. The number of nitrogens with two attached hydrogens (primary N) is 1. The number of para-hydroxylation sites is 1. The number of hydrogen-bond donors (Lipinski definition) is 1. The van der Waals surface area contributed by atoms with Gasteiger partial charge in [-0.1, -0.05) is 6.07 Å². The number of nitrogen functional groups attached to an aromatic ring is 1. The van der Waals surface area contributed by atoms with Crippen LogP contribution in [0.1, 0.15) is 30.1 Å². The molecule has 1 aromatic carbocycles. The van der Waals surface area contributed by atoms with Crippen molar-refractivity contribution < 1.29 is 9.53 Å². The summed E-state index contributed by atoms with van der Waals surface area (Å²) < 4.78 is 5.15. The second-order valence-electron chi connectivity index (χ2n) is 5.61. The Morgan fingerprint density at radius 2 is 2.10 bits per heavy atom. The van der Waals surface area contributed by atoms with Gasteiger partial charge in [0.2, 0.25) is 0 Å². The van der Waals surface area contributed by atoms with Gasteiger partial charge >= 0.3 is 5.97 Å². The van der Waals surface area contributed by atoms with Crippen molar-refractivity contribution in [3.05, 3.63) is 23.8 Å². The highest BCUT2D eigenvalue weighted by Crippen LogP contribution is 2.31. The molecule has 1 saturated heterocycles. The van der Waals surface area contributed by atoms with E-state index >= 15 is 0 Å². The fourth-order valence-electron chi connectivity index (χ4n) is 2.89. The molecule has 1 aromatic rings. The lowest BCUT2D eigenvalue weighted by atomic mass is 10.0. The van der Waals surface area contributed by atoms with Crippen molar-refractivity contribution in [1.29, 1.82) is 0 Å². The largest absolute Gasteiger partial charge is 0.462 e. The molecule has 1 fully saturated rings. The molecule has 0 radical (unpaired) electrons. The molecule has 1 heterocycles. The molecule has 0 aromatic heterocycles. The average molecular weight is 291 g/mol. The van der Waals surface area contributed by atoms with E-state index in [-0.39, 0.29) is 5.97 Å². The molecule has 1 aliphatic rings. The number of hydrogen-bond acceptors (Lipinski definition) is 5. The van der Waals surface area contributed by atoms with Crippen molar-refractivity contribution in [1.82, 2.24) is 4.90 Å². The first kappa shape index (κ1) is 15.6. The number of piperidine rings is 1. The first-order valence-electron chi connectivity index (χ1n) is 7.51. The Bertz CT molecular complexity index is 496. The average Bonchev–Trinajstić information content (AvgIpc) is 2.47. The summed E-state index contributed by atoms with van der Waals surface area (Å²) in [4.78, 5) is 16.6. The Kier molecular flexibility index (Phi) is 5.07. The lowest BCUT2D eigenvalue weighted by Gasteiger charge is -2.37. The molecule has 21 heavy (non-hydrogen) atoms. The number of rotatable bonds is 4. The molecule has 5 nitrogen and oxygen atoms in total. The fourth-order valence-corrected chi connectivity index (χ4v) is 2.89. The van der Waals surface area contributed by atoms with E-state index in [1.54, 1.807) is 12.1 Å². The van der Waals surface area contributed by atoms with Crippen LogP contribution >= 0.6 is 0 Å². The van der Waals surface area contributed by atoms with Gasteiger partial charge in [0.1, 0.15) is 0 Å². The molecule has 0 atom stereocenters. The first-order chi connectivity index (χ1) is 10.0. The Balaban J connectivity index is 2.27. The highest BCUT2D eigenvalue weighted by molar-refractivity contribution is 5.99. The van der Waals surface area contributed by atoms with Crippen molar-refractivity contribution in [2.75, 3.05) is 44.4 Å². The zero-order chi connectivity index (χ0) is 15.4. The Morgan fingerprint density at radius 3 is 2.71 bits per heavy atom. The fraction of sp³-hybridized carbons (Fsp3) is 0.562. The minimum absolute atomic E-state index is 0.306. The number of nitrogens with zero attached hydrogens (tertiary/aromatic N) is 2. The zero-order valence-electron chi connectivity index (χ0n) is 13.1. The minimum atomic E-state index is -0.306. The van der Waals surface area contributed by atoms with Crippen molar-refractivity contribution in [3.63, 3.8) is 0 Å². The molecule has 0 spiro atoms. The molecule has 2 N–H and O–H groups in total. The van der Waals surface area contributed by atoms with Gasteiger partial charge in [-0.15, -0.1) is 0 Å². The summed E-state index contributed by atoms with van der Waals surface area (Å²) in [7, 11) is 4.15. The van der Waals surface area contributed by atoms with Gasteiger partial charge < -0.3 is 20.3 Å². The summed E-state index contributed by atoms with van der Waals surface area (Å²) in [5, 5.41) is 0. The summed E-state index contributed by atoms with van der Waals surface area (Å²) >= 11 is 0. The second kappa shape index (κ2) is 6.80. The summed E-state index contributed by atoms with van der Waals surface area (Å²) in [6.45, 7) is 4.31. The summed E-state index contributed by atoms with van der Waals surface area (Å²) in [5.74, 6) is -0.306. The topological polar surface area (TPSA) is 58.8 Å². The van der Waals surface area contributed by atoms with E-state index in [4.69, 9.17) is 10.5 Å². The van der Waals surface area contributed by atoms with E-state index in [9.17, 15) is 4.79 Å². The van der Waals surface area contributed by atoms with Crippen LogP contribution in [-0.2, 0) is 4.74 Å². The summed E-state index contributed by atoms with van der Waals surface area (Å²) in [6.07, 6.45) is 2.15. The normalized spacial score (nSPS) is 16.7. The van der Waals surface area contributed by atoms with Crippen LogP contribution < -0.4 is 10.6 Å². The summed E-state index contributed by atoms with van der Waals surface area (Å²) in [5.41, 5.74) is 8.11. The molecule has 116 valence electrons. The van der Waals surface area contributed by atoms with Gasteiger partial charge in [-0.05, 0) is 52.0 Å². The van der Waals surface area contributed by atoms with Gasteiger partial charge in [-0.3, -0.25) is 0 Å². The highest BCUT2D eigenvalue weighted by atomic mass is 16.5. The van der Waals surface area contributed by atoms with Gasteiger partial charge in [0.15, 0.2) is 0 Å². The lowest BCUT2D eigenvalue weighted by molar-refractivity contribution is 0.0527. The molecule has 0 saturated carbocycles. The van der Waals surface area contributed by atoms with Crippen LogP contribution in [0.25, 0.3) is 0 Å². The van der Waals surface area contributed by atoms with Crippen molar-refractivity contribution in [3.8, 4) is 0 Å². The Morgan fingerprint density at radius 1 is 1.43 bits per heavy atom. The van der Waals surface area contributed by atoms with Crippen molar-refractivity contribution in [2.24, 2.45) is 0 Å². The second-order valence-corrected chi connectivity index (χ2v) is 5.61. The van der Waals surface area contributed by atoms with Crippen LogP contribution in [0.2, 0.25) is 0 Å². The number of carbonyl (C=O) groups excluding carboxylic acids is 1. The van der Waals surface area contributed by atoms with Crippen LogP contribution in [0.4, 0.5) is 11.4 Å². The minimum Gasteiger partial charge on any atom is -0.462 e. The lowest BCUT2D eigenvalue weighted by Crippen LogP contribution is -2.42. The monoisotopic (exact) mass is 291 g/mol. The molecule has 5 heteroatoms. The van der Waals surface area contributed by atoms with Gasteiger partial charge in [0, 0.05) is 13.1 Å². The van der Waals surface area contributed by atoms with E-state index in [1.807, 2.05) is 20.0 Å². The number of esters is 1. The standard InChI is InChI=1S/C16H25N3O2/c1-4-21-16(20)13-6-5-7-14(17)15(13)19(3)12-8-10-18(2)11-9-12/h5-7,12H,4,8-11,17H2,1-3H3. The van der Waals surface area contributed by atoms with Gasteiger partial charge in [-0.2, -0.15) is 0 Å². The Hall–Kier alpha value is -1.75. The molecular formula is C16H25N3O2. The van der Waals surface area contributed by atoms with E-state index in [2.05, 4.69) is 16.8 Å². The quantitative estimate of drug-likeness (QED) is 0.679. The molecule has 0 amide bonds. The third-order valence-corrected chi connectivity index (χ3v) is 4.15. The molecule has 2 rings (SSSR count). The maximum absolute atomic E-state index is 12.1. The molecule has 0 bridgehead atoms. The predicted octanol–water partition coefficient (Wildman–Crippen LogP) is 1.98. The highest BCUT2D eigenvalue weighted by Gasteiger charge is 2.25. The van der Waals surface area contributed by atoms with Crippen LogP contribution in [-0.4, -0.2) is 50.7 Å². The molecule has 0 aliphatic carbocycles. The van der Waals surface area contributed by atoms with E-state index < -0.39 is 0 Å². The molecule has 1 aliphatic heterocycles. The van der Waals surface area contributed by atoms with Gasteiger partial charge in [0.25, 0.3) is 0 Å². The third kappa shape index (κ3) is 3.47. The maximum atomic E-state index is 12.1. The number of benzene rings is 1. The van der Waals surface area contributed by atoms with Crippen LogP contribution in [0.5, 0.6) is 0 Å². The smallest absolute Gasteiger partial charge is 0.340 e. The number of carbonyl (C=O) groups is 1.